The summed E-state index contributed by atoms with van der Waals surface area (Å²) in [6.07, 6.45) is 2.47. The molecule has 1 amide bonds. The summed E-state index contributed by atoms with van der Waals surface area (Å²) in [4.78, 5) is 36.0. The van der Waals surface area contributed by atoms with Crippen LogP contribution in [0.15, 0.2) is 51.7 Å². The number of halogens is 1. The molecule has 7 nitrogen and oxygen atoms in total. The smallest absolute Gasteiger partial charge is 0.336 e. The van der Waals surface area contributed by atoms with Crippen molar-refractivity contribution < 1.29 is 27.9 Å². The molecule has 8 heteroatoms. The highest BCUT2D eigenvalue weighted by molar-refractivity contribution is 5.98. The molecule has 1 aliphatic rings. The molecule has 0 spiro atoms. The summed E-state index contributed by atoms with van der Waals surface area (Å²) in [7, 11) is 0. The highest BCUT2D eigenvalue weighted by Gasteiger charge is 2.25. The van der Waals surface area contributed by atoms with Crippen LogP contribution in [0, 0.1) is 12.7 Å². The lowest BCUT2D eigenvalue weighted by atomic mass is 10.00. The summed E-state index contributed by atoms with van der Waals surface area (Å²) in [5, 5.41) is 0.588. The second kappa shape index (κ2) is 14.8. The number of benzene rings is 2. The highest BCUT2D eigenvalue weighted by atomic mass is 19.1. The van der Waals surface area contributed by atoms with Crippen LogP contribution in [0.3, 0.4) is 0 Å². The minimum absolute atomic E-state index is 0.0509. The summed E-state index contributed by atoms with van der Waals surface area (Å²) in [5.74, 6) is 0.0510. The zero-order valence-electron chi connectivity index (χ0n) is 22.2. The topological polar surface area (TPSA) is 86.0 Å². The minimum Gasteiger partial charge on any atom is -0.480 e. The number of fused-ring (bicyclic) bond motifs is 1. The summed E-state index contributed by atoms with van der Waals surface area (Å²) < 4.78 is 29.1. The maximum atomic E-state index is 13.4. The Morgan fingerprint density at radius 2 is 1.76 bits per heavy atom. The molecule has 1 aromatic heterocycles. The lowest BCUT2D eigenvalue weighted by Crippen LogP contribution is -2.43. The molecule has 0 bridgehead atoms. The fourth-order valence-electron chi connectivity index (χ4n) is 4.03. The number of amides is 1. The fourth-order valence-corrected chi connectivity index (χ4v) is 4.03. The minimum atomic E-state index is -0.680. The number of nitrogens with zero attached hydrogens (tertiary/aromatic N) is 1. The van der Waals surface area contributed by atoms with E-state index in [-0.39, 0.29) is 11.7 Å². The molecule has 1 atom stereocenters. The second-order valence-electron chi connectivity index (χ2n) is 8.32. The second-order valence-corrected chi connectivity index (χ2v) is 8.32. The summed E-state index contributed by atoms with van der Waals surface area (Å²) in [5.41, 5.74) is 1.95. The van der Waals surface area contributed by atoms with Gasteiger partial charge in [-0.05, 0) is 75.4 Å². The number of carbonyl (C=O) groups is 2. The van der Waals surface area contributed by atoms with E-state index >= 15 is 0 Å². The van der Waals surface area contributed by atoms with E-state index in [4.69, 9.17) is 9.15 Å². The van der Waals surface area contributed by atoms with Crippen molar-refractivity contribution in [2.24, 2.45) is 0 Å². The normalized spacial score (nSPS) is 13.4. The SMILES string of the molecule is CC.CCOC=O.Cc1cc(OC(C)C(=O)N2CCCCC2)c2c(-c3ccc(F)cc3)cc(=O)oc2c1. The van der Waals surface area contributed by atoms with Gasteiger partial charge >= 0.3 is 5.63 Å². The zero-order valence-corrected chi connectivity index (χ0v) is 22.2. The molecular weight excluding hydrogens is 477 g/mol. The Labute approximate surface area is 217 Å². The van der Waals surface area contributed by atoms with Gasteiger partial charge in [0.25, 0.3) is 12.4 Å². The number of ether oxygens (including phenoxy) is 2. The first kappa shape index (κ1) is 29.5. The summed E-state index contributed by atoms with van der Waals surface area (Å²) in [6, 6.07) is 10.9. The molecule has 1 aliphatic heterocycles. The summed E-state index contributed by atoms with van der Waals surface area (Å²) >= 11 is 0. The molecule has 0 aliphatic carbocycles. The van der Waals surface area contributed by atoms with Gasteiger partial charge in [-0.2, -0.15) is 0 Å². The third kappa shape index (κ3) is 8.17. The Morgan fingerprint density at radius 3 is 2.32 bits per heavy atom. The van der Waals surface area contributed by atoms with E-state index < -0.39 is 11.7 Å². The van der Waals surface area contributed by atoms with E-state index in [1.807, 2.05) is 31.7 Å². The van der Waals surface area contributed by atoms with Crippen LogP contribution in [0.2, 0.25) is 0 Å². The van der Waals surface area contributed by atoms with Gasteiger partial charge in [-0.25, -0.2) is 9.18 Å². The maximum absolute atomic E-state index is 13.4. The van der Waals surface area contributed by atoms with Gasteiger partial charge in [0.2, 0.25) is 0 Å². The highest BCUT2D eigenvalue weighted by Crippen LogP contribution is 2.36. The molecule has 2 heterocycles. The molecule has 37 heavy (non-hydrogen) atoms. The van der Waals surface area contributed by atoms with E-state index in [2.05, 4.69) is 4.74 Å². The van der Waals surface area contributed by atoms with Gasteiger partial charge in [-0.1, -0.05) is 26.0 Å². The maximum Gasteiger partial charge on any atom is 0.336 e. The van der Waals surface area contributed by atoms with Crippen molar-refractivity contribution in [1.82, 2.24) is 4.90 Å². The van der Waals surface area contributed by atoms with E-state index in [0.717, 1.165) is 37.9 Å². The molecule has 200 valence electrons. The molecule has 1 saturated heterocycles. The monoisotopic (exact) mass is 513 g/mol. The first-order valence-electron chi connectivity index (χ1n) is 12.7. The van der Waals surface area contributed by atoms with Gasteiger partial charge in [0.1, 0.15) is 17.1 Å². The van der Waals surface area contributed by atoms with Crippen LogP contribution in [0.1, 0.15) is 52.5 Å². The predicted octanol–water partition coefficient (Wildman–Crippen LogP) is 5.89. The molecule has 0 N–H and O–H groups in total. The Hall–Kier alpha value is -3.68. The van der Waals surface area contributed by atoms with Crippen LogP contribution in [0.5, 0.6) is 5.75 Å². The molecule has 1 unspecified atom stereocenters. The van der Waals surface area contributed by atoms with Gasteiger partial charge in [0.15, 0.2) is 6.10 Å². The van der Waals surface area contributed by atoms with Crippen molar-refractivity contribution in [1.29, 1.82) is 0 Å². The average Bonchev–Trinajstić information content (AvgIpc) is 2.90. The zero-order chi connectivity index (χ0) is 27.4. The number of rotatable bonds is 6. The number of hydrogen-bond donors (Lipinski definition) is 0. The van der Waals surface area contributed by atoms with Gasteiger partial charge in [-0.15, -0.1) is 0 Å². The van der Waals surface area contributed by atoms with Crippen molar-refractivity contribution in [2.75, 3.05) is 19.7 Å². The Morgan fingerprint density at radius 1 is 1.11 bits per heavy atom. The lowest BCUT2D eigenvalue weighted by molar-refractivity contribution is -0.138. The number of aryl methyl sites for hydroxylation is 1. The van der Waals surface area contributed by atoms with E-state index in [0.29, 0.717) is 40.9 Å². The fraction of sp³-hybridized carbons (Fsp3) is 0.414. The molecule has 3 aromatic rings. The Kier molecular flexibility index (Phi) is 11.8. The molecule has 0 saturated carbocycles. The van der Waals surface area contributed by atoms with E-state index in [9.17, 15) is 18.8 Å². The Balaban J connectivity index is 0.000000617. The average molecular weight is 514 g/mol. The largest absolute Gasteiger partial charge is 0.480 e. The van der Waals surface area contributed by atoms with Gasteiger partial charge < -0.3 is 18.8 Å². The van der Waals surface area contributed by atoms with Crippen molar-refractivity contribution in [3.8, 4) is 16.9 Å². The molecular formula is C29H36FNO6. The molecule has 0 radical (unpaired) electrons. The Bertz CT molecular complexity index is 1220. The predicted molar refractivity (Wildman–Crippen MR) is 142 cm³/mol. The van der Waals surface area contributed by atoms with Gasteiger partial charge in [0.05, 0.1) is 12.0 Å². The van der Waals surface area contributed by atoms with E-state index in [1.54, 1.807) is 32.0 Å². The van der Waals surface area contributed by atoms with Crippen LogP contribution < -0.4 is 10.4 Å². The van der Waals surface area contributed by atoms with Crippen LogP contribution in [-0.4, -0.2) is 43.1 Å². The number of carbonyl (C=O) groups excluding carboxylic acids is 2. The molecule has 4 rings (SSSR count). The van der Waals surface area contributed by atoms with Crippen LogP contribution in [-0.2, 0) is 14.3 Å². The number of piperidine rings is 1. The first-order chi connectivity index (χ1) is 17.8. The van der Waals surface area contributed by atoms with Crippen molar-refractivity contribution >= 4 is 23.3 Å². The van der Waals surface area contributed by atoms with E-state index in [1.165, 1.54) is 18.2 Å². The van der Waals surface area contributed by atoms with Gasteiger partial charge in [0, 0.05) is 24.7 Å². The van der Waals surface area contributed by atoms with Crippen molar-refractivity contribution in [3.05, 3.63) is 64.3 Å². The molecule has 2 aromatic carbocycles. The lowest BCUT2D eigenvalue weighted by Gasteiger charge is -2.29. The van der Waals surface area contributed by atoms with Crippen LogP contribution in [0.4, 0.5) is 4.39 Å². The standard InChI is InChI=1S/C24H24FNO4.C3H6O2.C2H6/c1-15-12-20(29-16(2)24(28)26-10-4-3-5-11-26)23-19(14-22(27)30-21(23)13-15)17-6-8-18(25)9-7-17;1-2-5-3-4;1-2/h6-9,12-14,16H,3-5,10-11H2,1-2H3;3H,2H2,1H3;1-2H3. The first-order valence-corrected chi connectivity index (χ1v) is 12.7. The van der Waals surface area contributed by atoms with Crippen molar-refractivity contribution in [2.45, 2.75) is 60.0 Å². The van der Waals surface area contributed by atoms with Crippen LogP contribution >= 0.6 is 0 Å². The van der Waals surface area contributed by atoms with Crippen LogP contribution in [0.25, 0.3) is 22.1 Å². The number of hydrogen-bond acceptors (Lipinski definition) is 6. The third-order valence-electron chi connectivity index (χ3n) is 5.66. The van der Waals surface area contributed by atoms with Crippen molar-refractivity contribution in [3.63, 3.8) is 0 Å². The third-order valence-corrected chi connectivity index (χ3v) is 5.66. The number of likely N-dealkylation sites (tertiary alicyclic amines) is 1. The summed E-state index contributed by atoms with van der Waals surface area (Å²) in [6.45, 7) is 11.8. The molecule has 1 fully saturated rings. The van der Waals surface area contributed by atoms with Gasteiger partial charge in [-0.3, -0.25) is 9.59 Å². The quantitative estimate of drug-likeness (QED) is 0.302.